The Morgan fingerprint density at radius 1 is 1.13 bits per heavy atom. The van der Waals surface area contributed by atoms with Gasteiger partial charge in [0.05, 0.1) is 29.3 Å². The lowest BCUT2D eigenvalue weighted by molar-refractivity contribution is -0.120. The van der Waals surface area contributed by atoms with Crippen molar-refractivity contribution in [2.45, 2.75) is 26.2 Å². The van der Waals surface area contributed by atoms with E-state index in [2.05, 4.69) is 28.2 Å². The van der Waals surface area contributed by atoms with Crippen molar-refractivity contribution in [2.24, 2.45) is 5.92 Å². The number of carbonyl (C=O) groups is 1. The third-order valence-electron chi connectivity index (χ3n) is 5.41. The number of anilines is 2. The first kappa shape index (κ1) is 20.6. The second kappa shape index (κ2) is 9.43. The number of fused-ring (bicyclic) bond motifs is 1. The van der Waals surface area contributed by atoms with Crippen molar-refractivity contribution < 1.29 is 9.53 Å². The fourth-order valence-electron chi connectivity index (χ4n) is 3.70. The van der Waals surface area contributed by atoms with Gasteiger partial charge in [-0.05, 0) is 55.7 Å². The largest absolute Gasteiger partial charge is 0.475 e. The van der Waals surface area contributed by atoms with Crippen LogP contribution in [0.2, 0.25) is 0 Å². The first-order chi connectivity index (χ1) is 15.2. The van der Waals surface area contributed by atoms with Crippen LogP contribution in [0.25, 0.3) is 11.0 Å². The minimum Gasteiger partial charge on any atom is -0.475 e. The van der Waals surface area contributed by atoms with Crippen LogP contribution < -0.4 is 15.0 Å². The van der Waals surface area contributed by atoms with Gasteiger partial charge in [0.25, 0.3) is 5.88 Å². The molecule has 7 heteroatoms. The van der Waals surface area contributed by atoms with Gasteiger partial charge in [0.1, 0.15) is 0 Å². The summed E-state index contributed by atoms with van der Waals surface area (Å²) in [6, 6.07) is 16.8. The highest BCUT2D eigenvalue weighted by Crippen LogP contribution is 2.31. The molecule has 1 amide bonds. The predicted octanol–water partition coefficient (Wildman–Crippen LogP) is 4.15. The molecule has 0 radical (unpaired) electrons. The van der Waals surface area contributed by atoms with Crippen LogP contribution in [0.3, 0.4) is 0 Å². The minimum atomic E-state index is -0.0691. The molecule has 31 heavy (non-hydrogen) atoms. The van der Waals surface area contributed by atoms with E-state index in [0.717, 1.165) is 36.1 Å². The highest BCUT2D eigenvalue weighted by molar-refractivity contribution is 5.92. The fraction of sp³-hybridized carbons (Fsp3) is 0.333. The van der Waals surface area contributed by atoms with Gasteiger partial charge in [-0.3, -0.25) is 4.79 Å². The van der Waals surface area contributed by atoms with Gasteiger partial charge < -0.3 is 15.0 Å². The number of piperidine rings is 1. The lowest BCUT2D eigenvalue weighted by atomic mass is 9.95. The normalized spacial score (nSPS) is 14.3. The van der Waals surface area contributed by atoms with E-state index in [1.54, 1.807) is 24.3 Å². The molecule has 1 saturated heterocycles. The molecule has 0 aliphatic carbocycles. The molecule has 0 saturated carbocycles. The molecule has 0 unspecified atom stereocenters. The Bertz CT molecular complexity index is 1100. The van der Waals surface area contributed by atoms with Gasteiger partial charge in [0.15, 0.2) is 5.82 Å². The fourth-order valence-corrected chi connectivity index (χ4v) is 3.70. The van der Waals surface area contributed by atoms with Crippen molar-refractivity contribution in [3.63, 3.8) is 0 Å². The predicted molar refractivity (Wildman–Crippen MR) is 120 cm³/mol. The number of benzene rings is 2. The van der Waals surface area contributed by atoms with Gasteiger partial charge >= 0.3 is 0 Å². The van der Waals surface area contributed by atoms with Crippen molar-refractivity contribution in [1.82, 2.24) is 9.97 Å². The molecule has 0 bridgehead atoms. The monoisotopic (exact) mass is 415 g/mol. The van der Waals surface area contributed by atoms with E-state index in [0.29, 0.717) is 36.8 Å². The van der Waals surface area contributed by atoms with E-state index in [1.807, 2.05) is 24.3 Å². The Morgan fingerprint density at radius 2 is 1.81 bits per heavy atom. The third-order valence-corrected chi connectivity index (χ3v) is 5.41. The minimum absolute atomic E-state index is 0.0106. The van der Waals surface area contributed by atoms with Crippen LogP contribution in [0, 0.1) is 17.2 Å². The Morgan fingerprint density at radius 3 is 2.45 bits per heavy atom. The number of amides is 1. The summed E-state index contributed by atoms with van der Waals surface area (Å²) in [6.45, 7) is 4.07. The van der Waals surface area contributed by atoms with Crippen LogP contribution in [-0.2, 0) is 4.79 Å². The summed E-state index contributed by atoms with van der Waals surface area (Å²) in [4.78, 5) is 24.4. The summed E-state index contributed by atoms with van der Waals surface area (Å²) in [6.07, 6.45) is 2.35. The summed E-state index contributed by atoms with van der Waals surface area (Å²) < 4.78 is 5.90. The standard InChI is InChI=1S/C24H25N5O2/c1-2-15-31-24-22(27-20-5-3-4-6-21(20)28-24)29-13-11-18(12-14-29)23(30)26-19-9-7-17(16-25)8-10-19/h3-10,18H,2,11-15H2,1H3,(H,26,30). The SMILES string of the molecule is CCCOc1nc2ccccc2nc1N1CCC(C(=O)Nc2ccc(C#N)cc2)CC1. The van der Waals surface area contributed by atoms with E-state index in [4.69, 9.17) is 15.0 Å². The Balaban J connectivity index is 1.44. The highest BCUT2D eigenvalue weighted by atomic mass is 16.5. The number of para-hydroxylation sites is 2. The van der Waals surface area contributed by atoms with Crippen LogP contribution in [0.1, 0.15) is 31.7 Å². The maximum atomic E-state index is 12.7. The highest BCUT2D eigenvalue weighted by Gasteiger charge is 2.28. The van der Waals surface area contributed by atoms with Crippen molar-refractivity contribution >= 4 is 28.4 Å². The quantitative estimate of drug-likeness (QED) is 0.650. The van der Waals surface area contributed by atoms with Gasteiger partial charge in [0, 0.05) is 24.7 Å². The number of ether oxygens (including phenoxy) is 1. The maximum absolute atomic E-state index is 12.7. The Hall–Kier alpha value is -3.66. The summed E-state index contributed by atoms with van der Waals surface area (Å²) in [7, 11) is 0. The van der Waals surface area contributed by atoms with Gasteiger partial charge in [-0.1, -0.05) is 19.1 Å². The number of hydrogen-bond acceptors (Lipinski definition) is 6. The first-order valence-corrected chi connectivity index (χ1v) is 10.6. The Kier molecular flexibility index (Phi) is 6.27. The van der Waals surface area contributed by atoms with E-state index in [1.165, 1.54) is 0 Å². The van der Waals surface area contributed by atoms with Crippen molar-refractivity contribution in [3.8, 4) is 11.9 Å². The maximum Gasteiger partial charge on any atom is 0.258 e. The lowest BCUT2D eigenvalue weighted by Crippen LogP contribution is -2.39. The molecule has 7 nitrogen and oxygen atoms in total. The molecule has 2 heterocycles. The zero-order valence-corrected chi connectivity index (χ0v) is 17.5. The summed E-state index contributed by atoms with van der Waals surface area (Å²) in [5.74, 6) is 1.25. The van der Waals surface area contributed by atoms with Crippen LogP contribution in [0.15, 0.2) is 48.5 Å². The summed E-state index contributed by atoms with van der Waals surface area (Å²) in [5, 5.41) is 11.9. The first-order valence-electron chi connectivity index (χ1n) is 10.6. The number of nitriles is 1. The average Bonchev–Trinajstić information content (AvgIpc) is 2.82. The molecule has 3 aromatic rings. The molecule has 0 atom stereocenters. The second-order valence-corrected chi connectivity index (χ2v) is 7.63. The zero-order valence-electron chi connectivity index (χ0n) is 17.5. The van der Waals surface area contributed by atoms with Gasteiger partial charge in [-0.15, -0.1) is 0 Å². The van der Waals surface area contributed by atoms with Crippen molar-refractivity contribution in [3.05, 3.63) is 54.1 Å². The lowest BCUT2D eigenvalue weighted by Gasteiger charge is -2.32. The summed E-state index contributed by atoms with van der Waals surface area (Å²) in [5.41, 5.74) is 2.93. The van der Waals surface area contributed by atoms with E-state index in [-0.39, 0.29) is 11.8 Å². The molecule has 1 aliphatic heterocycles. The molecule has 158 valence electrons. The molecule has 2 aromatic carbocycles. The van der Waals surface area contributed by atoms with Crippen LogP contribution >= 0.6 is 0 Å². The number of rotatable bonds is 6. The molecule has 1 aliphatic rings. The van der Waals surface area contributed by atoms with Crippen molar-refractivity contribution in [1.29, 1.82) is 5.26 Å². The van der Waals surface area contributed by atoms with E-state index >= 15 is 0 Å². The average molecular weight is 415 g/mol. The Labute approximate surface area is 181 Å². The molecule has 0 spiro atoms. The molecule has 4 rings (SSSR count). The van der Waals surface area contributed by atoms with Gasteiger partial charge in [0.2, 0.25) is 5.91 Å². The third kappa shape index (κ3) is 4.75. The number of carbonyl (C=O) groups excluding carboxylic acids is 1. The van der Waals surface area contributed by atoms with Crippen molar-refractivity contribution in [2.75, 3.05) is 29.9 Å². The zero-order chi connectivity index (χ0) is 21.6. The molecular weight excluding hydrogens is 390 g/mol. The molecule has 1 N–H and O–H groups in total. The van der Waals surface area contributed by atoms with Crippen LogP contribution in [0.5, 0.6) is 5.88 Å². The van der Waals surface area contributed by atoms with Gasteiger partial charge in [-0.25, -0.2) is 9.97 Å². The van der Waals surface area contributed by atoms with Crippen LogP contribution in [-0.4, -0.2) is 35.6 Å². The van der Waals surface area contributed by atoms with Gasteiger partial charge in [-0.2, -0.15) is 5.26 Å². The molecular formula is C24H25N5O2. The smallest absolute Gasteiger partial charge is 0.258 e. The number of aromatic nitrogens is 2. The van der Waals surface area contributed by atoms with Crippen LogP contribution in [0.4, 0.5) is 11.5 Å². The number of nitrogens with zero attached hydrogens (tertiary/aromatic N) is 4. The topological polar surface area (TPSA) is 91.1 Å². The second-order valence-electron chi connectivity index (χ2n) is 7.63. The number of nitrogens with one attached hydrogen (secondary N) is 1. The van der Waals surface area contributed by atoms with E-state index < -0.39 is 0 Å². The summed E-state index contributed by atoms with van der Waals surface area (Å²) >= 11 is 0. The molecule has 1 aromatic heterocycles. The van der Waals surface area contributed by atoms with E-state index in [9.17, 15) is 4.79 Å². The molecule has 1 fully saturated rings. The number of hydrogen-bond donors (Lipinski definition) is 1.